The Morgan fingerprint density at radius 1 is 1.32 bits per heavy atom. The Balaban J connectivity index is 1.99. The minimum absolute atomic E-state index is 0.0225. The maximum Gasteiger partial charge on any atom is 0.331 e. The van der Waals surface area contributed by atoms with Crippen molar-refractivity contribution in [3.63, 3.8) is 0 Å². The number of aromatic nitrogens is 1. The second-order valence-corrected chi connectivity index (χ2v) is 5.47. The lowest BCUT2D eigenvalue weighted by Crippen LogP contribution is -2.55. The Bertz CT molecular complexity index is 751. The van der Waals surface area contributed by atoms with Gasteiger partial charge in [0.05, 0.1) is 17.7 Å². The van der Waals surface area contributed by atoms with E-state index in [0.717, 1.165) is 11.1 Å². The van der Waals surface area contributed by atoms with Crippen LogP contribution in [0.2, 0.25) is 0 Å². The molecule has 2 heterocycles. The van der Waals surface area contributed by atoms with Gasteiger partial charge < -0.3 is 15.2 Å². The third-order valence-electron chi connectivity index (χ3n) is 3.89. The number of ether oxygens (including phenoxy) is 1. The number of amides is 1. The van der Waals surface area contributed by atoms with Crippen molar-refractivity contribution >= 4 is 22.8 Å². The highest BCUT2D eigenvalue weighted by Crippen LogP contribution is 2.22. The summed E-state index contributed by atoms with van der Waals surface area (Å²) in [6, 6.07) is 9.03. The Morgan fingerprint density at radius 2 is 2.14 bits per heavy atom. The number of carboxylic acid groups (broad SMARTS) is 1. The number of pyridine rings is 1. The maximum atomic E-state index is 12.6. The van der Waals surface area contributed by atoms with Crippen molar-refractivity contribution in [3.05, 3.63) is 41.6 Å². The van der Waals surface area contributed by atoms with Crippen molar-refractivity contribution in [1.29, 1.82) is 0 Å². The minimum atomic E-state index is -1.36. The number of benzene rings is 1. The van der Waals surface area contributed by atoms with Crippen molar-refractivity contribution in [1.82, 2.24) is 10.3 Å². The van der Waals surface area contributed by atoms with Gasteiger partial charge in [-0.05, 0) is 19.1 Å². The Morgan fingerprint density at radius 3 is 2.82 bits per heavy atom. The number of para-hydroxylation sites is 1. The number of hydrogen-bond acceptors (Lipinski definition) is 4. The zero-order valence-corrected chi connectivity index (χ0v) is 12.1. The average Bonchev–Trinajstić information content (AvgIpc) is 2.96. The molecule has 1 aromatic heterocycles. The molecule has 1 amide bonds. The molecule has 6 nitrogen and oxygen atoms in total. The number of carboxylic acids is 1. The van der Waals surface area contributed by atoms with E-state index in [-0.39, 0.29) is 13.0 Å². The topological polar surface area (TPSA) is 88.5 Å². The summed E-state index contributed by atoms with van der Waals surface area (Å²) in [5.74, 6) is -1.53. The molecule has 0 spiro atoms. The van der Waals surface area contributed by atoms with E-state index < -0.39 is 17.4 Å². The van der Waals surface area contributed by atoms with Crippen molar-refractivity contribution in [2.24, 2.45) is 0 Å². The highest BCUT2D eigenvalue weighted by Gasteiger charge is 2.44. The zero-order valence-electron chi connectivity index (χ0n) is 12.1. The Hall–Kier alpha value is -2.47. The molecular weight excluding hydrogens is 284 g/mol. The van der Waals surface area contributed by atoms with Crippen LogP contribution in [-0.2, 0) is 9.53 Å². The van der Waals surface area contributed by atoms with Gasteiger partial charge in [0.1, 0.15) is 0 Å². The Labute approximate surface area is 127 Å². The number of fused-ring (bicyclic) bond motifs is 1. The summed E-state index contributed by atoms with van der Waals surface area (Å²) in [6.07, 6.45) is 0.255. The molecule has 1 atom stereocenters. The number of nitrogens with zero attached hydrogens (tertiary/aromatic N) is 1. The predicted octanol–water partition coefficient (Wildman–Crippen LogP) is 1.52. The van der Waals surface area contributed by atoms with Crippen LogP contribution in [0.1, 0.15) is 22.5 Å². The number of hydrogen-bond donors (Lipinski definition) is 2. The van der Waals surface area contributed by atoms with Crippen molar-refractivity contribution in [2.75, 3.05) is 13.2 Å². The van der Waals surface area contributed by atoms with Crippen LogP contribution in [0, 0.1) is 6.92 Å². The first kappa shape index (κ1) is 14.5. The molecule has 3 rings (SSSR count). The number of aliphatic carboxylic acids is 1. The molecule has 1 aromatic carbocycles. The van der Waals surface area contributed by atoms with Crippen LogP contribution >= 0.6 is 0 Å². The van der Waals surface area contributed by atoms with E-state index in [9.17, 15) is 14.7 Å². The lowest BCUT2D eigenvalue weighted by Gasteiger charge is -2.23. The van der Waals surface area contributed by atoms with E-state index in [4.69, 9.17) is 4.74 Å². The summed E-state index contributed by atoms with van der Waals surface area (Å²) in [4.78, 5) is 28.5. The molecule has 1 fully saturated rings. The molecule has 1 saturated heterocycles. The second-order valence-electron chi connectivity index (χ2n) is 5.47. The molecule has 0 aliphatic carbocycles. The number of rotatable bonds is 3. The number of nitrogens with one attached hydrogen (secondary N) is 1. The van der Waals surface area contributed by atoms with Crippen LogP contribution in [0.3, 0.4) is 0 Å². The van der Waals surface area contributed by atoms with Gasteiger partial charge in [-0.25, -0.2) is 4.79 Å². The van der Waals surface area contributed by atoms with Gasteiger partial charge in [0.25, 0.3) is 5.91 Å². The van der Waals surface area contributed by atoms with Gasteiger partial charge in [-0.15, -0.1) is 0 Å². The average molecular weight is 300 g/mol. The van der Waals surface area contributed by atoms with Crippen LogP contribution in [-0.4, -0.2) is 40.7 Å². The summed E-state index contributed by atoms with van der Waals surface area (Å²) >= 11 is 0. The minimum Gasteiger partial charge on any atom is -0.479 e. The van der Waals surface area contributed by atoms with Gasteiger partial charge in [-0.2, -0.15) is 0 Å². The lowest BCUT2D eigenvalue weighted by molar-refractivity contribution is -0.144. The smallest absolute Gasteiger partial charge is 0.331 e. The molecule has 1 unspecified atom stereocenters. The molecule has 0 saturated carbocycles. The number of aryl methyl sites for hydroxylation is 1. The molecule has 2 aromatic rings. The highest BCUT2D eigenvalue weighted by molar-refractivity contribution is 6.07. The highest BCUT2D eigenvalue weighted by atomic mass is 16.5. The molecule has 2 N–H and O–H groups in total. The summed E-state index contributed by atoms with van der Waals surface area (Å²) in [5.41, 5.74) is 0.376. The molecule has 0 bridgehead atoms. The van der Waals surface area contributed by atoms with Crippen LogP contribution in [0.25, 0.3) is 10.9 Å². The van der Waals surface area contributed by atoms with Crippen LogP contribution in [0.5, 0.6) is 0 Å². The third-order valence-corrected chi connectivity index (χ3v) is 3.89. The van der Waals surface area contributed by atoms with Gasteiger partial charge in [0.2, 0.25) is 0 Å². The normalized spacial score (nSPS) is 21.0. The van der Waals surface area contributed by atoms with Gasteiger partial charge in [0, 0.05) is 24.1 Å². The number of carbonyl (C=O) groups excluding carboxylic acids is 1. The van der Waals surface area contributed by atoms with Crippen molar-refractivity contribution < 1.29 is 19.4 Å². The lowest BCUT2D eigenvalue weighted by atomic mass is 9.98. The molecule has 0 radical (unpaired) electrons. The molecule has 6 heteroatoms. The molecule has 1 aliphatic rings. The Kier molecular flexibility index (Phi) is 3.54. The van der Waals surface area contributed by atoms with E-state index in [1.807, 2.05) is 25.1 Å². The van der Waals surface area contributed by atoms with Gasteiger partial charge in [-0.1, -0.05) is 18.2 Å². The summed E-state index contributed by atoms with van der Waals surface area (Å²) in [6.45, 7) is 2.14. The first-order valence-electron chi connectivity index (χ1n) is 7.02. The van der Waals surface area contributed by atoms with E-state index in [0.29, 0.717) is 17.7 Å². The molecular formula is C16H16N2O4. The van der Waals surface area contributed by atoms with Crippen LogP contribution in [0.4, 0.5) is 0 Å². The van der Waals surface area contributed by atoms with Crippen LogP contribution in [0.15, 0.2) is 30.3 Å². The maximum absolute atomic E-state index is 12.6. The van der Waals surface area contributed by atoms with Gasteiger partial charge in [-0.3, -0.25) is 9.78 Å². The zero-order chi connectivity index (χ0) is 15.7. The summed E-state index contributed by atoms with van der Waals surface area (Å²) < 4.78 is 5.15. The fourth-order valence-corrected chi connectivity index (χ4v) is 2.60. The fraction of sp³-hybridized carbons (Fsp3) is 0.312. The third kappa shape index (κ3) is 2.42. The number of carbonyl (C=O) groups is 2. The molecule has 22 heavy (non-hydrogen) atoms. The molecule has 1 aliphatic heterocycles. The monoisotopic (exact) mass is 300 g/mol. The standard InChI is InChI=1S/C16H16N2O4/c1-10-5-6-11-3-2-4-12(13(11)17-10)14(19)18-16(15(20)21)7-8-22-9-16/h2-6H,7-9H2,1H3,(H,18,19)(H,20,21). The first-order valence-corrected chi connectivity index (χ1v) is 7.02. The van der Waals surface area contributed by atoms with E-state index >= 15 is 0 Å². The van der Waals surface area contributed by atoms with Crippen LogP contribution < -0.4 is 5.32 Å². The summed E-state index contributed by atoms with van der Waals surface area (Å²) in [7, 11) is 0. The van der Waals surface area contributed by atoms with Gasteiger partial charge >= 0.3 is 5.97 Å². The fourth-order valence-electron chi connectivity index (χ4n) is 2.60. The molecule has 114 valence electrons. The van der Waals surface area contributed by atoms with E-state index in [2.05, 4.69) is 10.3 Å². The van der Waals surface area contributed by atoms with E-state index in [1.54, 1.807) is 12.1 Å². The van der Waals surface area contributed by atoms with Crippen molar-refractivity contribution in [3.8, 4) is 0 Å². The second kappa shape index (κ2) is 5.38. The largest absolute Gasteiger partial charge is 0.479 e. The quantitative estimate of drug-likeness (QED) is 0.897. The van der Waals surface area contributed by atoms with E-state index in [1.165, 1.54) is 0 Å². The SMILES string of the molecule is Cc1ccc2cccc(C(=O)NC3(C(=O)O)CCOC3)c2n1. The van der Waals surface area contributed by atoms with Gasteiger partial charge in [0.15, 0.2) is 5.54 Å². The first-order chi connectivity index (χ1) is 10.5. The predicted molar refractivity (Wildman–Crippen MR) is 79.7 cm³/mol. The van der Waals surface area contributed by atoms with Crippen molar-refractivity contribution in [2.45, 2.75) is 18.9 Å². The summed E-state index contributed by atoms with van der Waals surface area (Å²) in [5, 5.41) is 12.9.